The van der Waals surface area contributed by atoms with Crippen molar-refractivity contribution >= 4 is 17.7 Å². The maximum atomic E-state index is 12.4. The number of aromatic nitrogens is 2. The highest BCUT2D eigenvalue weighted by Crippen LogP contribution is 2.38. The van der Waals surface area contributed by atoms with Crippen molar-refractivity contribution in [1.29, 1.82) is 0 Å². The van der Waals surface area contributed by atoms with Crippen molar-refractivity contribution in [3.05, 3.63) is 47.9 Å². The maximum Gasteiger partial charge on any atom is 0.359 e. The molecule has 4 rings (SSSR count). The lowest BCUT2D eigenvalue weighted by molar-refractivity contribution is 0.0233. The van der Waals surface area contributed by atoms with Gasteiger partial charge in [0.2, 0.25) is 5.88 Å². The Kier molecular flexibility index (Phi) is 5.36. The molecule has 26 heavy (non-hydrogen) atoms. The van der Waals surface area contributed by atoms with Gasteiger partial charge in [-0.3, -0.25) is 0 Å². The summed E-state index contributed by atoms with van der Waals surface area (Å²) in [6.45, 7) is 1.40. The molecule has 7 heteroatoms. The summed E-state index contributed by atoms with van der Waals surface area (Å²) >= 11 is 1.79. The summed E-state index contributed by atoms with van der Waals surface area (Å²) in [5, 5.41) is 0. The van der Waals surface area contributed by atoms with Gasteiger partial charge in [0.25, 0.3) is 0 Å². The van der Waals surface area contributed by atoms with Crippen LogP contribution in [0.1, 0.15) is 41.4 Å². The molecule has 0 bridgehead atoms. The lowest BCUT2D eigenvalue weighted by Crippen LogP contribution is -2.26. The number of esters is 1. The van der Waals surface area contributed by atoms with Crippen LogP contribution in [-0.4, -0.2) is 41.0 Å². The molecule has 2 aliphatic rings. The van der Waals surface area contributed by atoms with E-state index in [1.165, 1.54) is 17.3 Å². The molecule has 2 aliphatic heterocycles. The fraction of sp³-hybridized carbons (Fsp3) is 0.421. The summed E-state index contributed by atoms with van der Waals surface area (Å²) in [5.74, 6) is 0.896. The van der Waals surface area contributed by atoms with Gasteiger partial charge in [0, 0.05) is 29.1 Å². The molecule has 0 radical (unpaired) electrons. The molecule has 0 aliphatic carbocycles. The second-order valence-corrected chi connectivity index (χ2v) is 7.38. The van der Waals surface area contributed by atoms with Crippen LogP contribution in [0.2, 0.25) is 0 Å². The van der Waals surface area contributed by atoms with Crippen molar-refractivity contribution in [2.24, 2.45) is 0 Å². The molecule has 1 fully saturated rings. The second kappa shape index (κ2) is 8.05. The molecule has 1 aromatic heterocycles. The summed E-state index contributed by atoms with van der Waals surface area (Å²) in [6.07, 6.45) is 5.23. The number of nitrogens with zero attached hydrogens (tertiary/aromatic N) is 2. The quantitative estimate of drug-likeness (QED) is 0.762. The highest BCUT2D eigenvalue weighted by atomic mass is 32.2. The first-order valence-electron chi connectivity index (χ1n) is 8.79. The van der Waals surface area contributed by atoms with Crippen LogP contribution in [-0.2, 0) is 9.47 Å². The predicted octanol–water partition coefficient (Wildman–Crippen LogP) is 3.43. The van der Waals surface area contributed by atoms with Crippen molar-refractivity contribution in [1.82, 2.24) is 9.97 Å². The number of carbonyl (C=O) groups excluding carboxylic acids is 1. The first-order valence-corrected chi connectivity index (χ1v) is 9.77. The molecule has 1 saturated heterocycles. The van der Waals surface area contributed by atoms with Crippen molar-refractivity contribution in [3.63, 3.8) is 0 Å². The number of thioether (sulfide) groups is 1. The van der Waals surface area contributed by atoms with E-state index < -0.39 is 5.97 Å². The number of ether oxygens (including phenoxy) is 3. The van der Waals surface area contributed by atoms with Crippen molar-refractivity contribution in [2.75, 3.05) is 19.0 Å². The lowest BCUT2D eigenvalue weighted by Gasteiger charge is -2.24. The minimum atomic E-state index is -0.457. The van der Waals surface area contributed by atoms with Crippen molar-refractivity contribution in [2.45, 2.75) is 36.4 Å². The Hall–Kier alpha value is -2.12. The third-order valence-electron chi connectivity index (χ3n) is 4.45. The Bertz CT molecular complexity index is 762. The molecule has 0 unspecified atom stereocenters. The van der Waals surface area contributed by atoms with Crippen LogP contribution in [0.5, 0.6) is 5.88 Å². The highest BCUT2D eigenvalue weighted by molar-refractivity contribution is 7.99. The average Bonchev–Trinajstić information content (AvgIpc) is 2.70. The van der Waals surface area contributed by atoms with Crippen LogP contribution in [0.25, 0.3) is 0 Å². The molecular formula is C19H20N2O4S. The maximum absolute atomic E-state index is 12.4. The Labute approximate surface area is 156 Å². The topological polar surface area (TPSA) is 70.5 Å². The van der Waals surface area contributed by atoms with Gasteiger partial charge in [-0.1, -0.05) is 18.2 Å². The van der Waals surface area contributed by atoms with Gasteiger partial charge in [-0.2, -0.15) is 0 Å². The second-order valence-electron chi connectivity index (χ2n) is 6.24. The fourth-order valence-electron chi connectivity index (χ4n) is 3.07. The number of fused-ring (bicyclic) bond motifs is 1. The van der Waals surface area contributed by atoms with E-state index in [4.69, 9.17) is 14.2 Å². The Morgan fingerprint density at radius 2 is 1.96 bits per heavy atom. The van der Waals surface area contributed by atoms with Crippen LogP contribution < -0.4 is 4.74 Å². The van der Waals surface area contributed by atoms with E-state index in [1.807, 2.05) is 18.2 Å². The van der Waals surface area contributed by atoms with E-state index in [0.717, 1.165) is 30.6 Å². The van der Waals surface area contributed by atoms with Gasteiger partial charge in [-0.15, -0.1) is 11.8 Å². The van der Waals surface area contributed by atoms with Gasteiger partial charge in [0.15, 0.2) is 5.69 Å². The van der Waals surface area contributed by atoms with Crippen molar-refractivity contribution in [3.8, 4) is 5.88 Å². The van der Waals surface area contributed by atoms with E-state index in [-0.39, 0.29) is 17.9 Å². The van der Waals surface area contributed by atoms with E-state index in [2.05, 4.69) is 16.0 Å². The Morgan fingerprint density at radius 1 is 1.12 bits per heavy atom. The van der Waals surface area contributed by atoms with E-state index in [1.54, 1.807) is 11.8 Å². The number of hydrogen-bond donors (Lipinski definition) is 0. The smallest absolute Gasteiger partial charge is 0.359 e. The van der Waals surface area contributed by atoms with Crippen LogP contribution in [0.3, 0.4) is 0 Å². The van der Waals surface area contributed by atoms with E-state index in [9.17, 15) is 4.79 Å². The normalized spacial score (nSPS) is 20.2. The van der Waals surface area contributed by atoms with Gasteiger partial charge >= 0.3 is 5.97 Å². The summed E-state index contributed by atoms with van der Waals surface area (Å²) in [6, 6.07) is 8.03. The van der Waals surface area contributed by atoms with Gasteiger partial charge in [-0.25, -0.2) is 14.8 Å². The molecule has 1 aromatic carbocycles. The standard InChI is InChI=1S/C19H20N2O4S/c22-19(25-16-7-10-26-17-4-2-1-3-14(16)17)15-11-21-18(12-20-15)24-13-5-8-23-9-6-13/h1-4,11-13,16H,5-10H2/t16-/m1/s1. The Balaban J connectivity index is 1.39. The highest BCUT2D eigenvalue weighted by Gasteiger charge is 2.25. The van der Waals surface area contributed by atoms with Crippen LogP contribution in [0, 0.1) is 0 Å². The first kappa shape index (κ1) is 17.3. The van der Waals surface area contributed by atoms with Crippen LogP contribution >= 0.6 is 11.8 Å². The average molecular weight is 372 g/mol. The third kappa shape index (κ3) is 3.99. The third-order valence-corrected chi connectivity index (χ3v) is 5.57. The molecule has 0 saturated carbocycles. The zero-order valence-corrected chi connectivity index (χ0v) is 15.1. The summed E-state index contributed by atoms with van der Waals surface area (Å²) < 4.78 is 16.8. The van der Waals surface area contributed by atoms with Crippen LogP contribution in [0.4, 0.5) is 0 Å². The van der Waals surface area contributed by atoms with Crippen molar-refractivity contribution < 1.29 is 19.0 Å². The molecule has 0 spiro atoms. The Morgan fingerprint density at radius 3 is 2.77 bits per heavy atom. The number of carbonyl (C=O) groups is 1. The van der Waals surface area contributed by atoms with Gasteiger partial charge in [0.1, 0.15) is 12.2 Å². The number of hydrogen-bond acceptors (Lipinski definition) is 7. The minimum absolute atomic E-state index is 0.0899. The summed E-state index contributed by atoms with van der Waals surface area (Å²) in [4.78, 5) is 22.0. The SMILES string of the molecule is O=C(O[C@@H]1CCSc2ccccc21)c1cnc(OC2CCOCC2)cn1. The number of benzene rings is 1. The van der Waals surface area contributed by atoms with E-state index in [0.29, 0.717) is 19.1 Å². The molecule has 0 amide bonds. The molecule has 136 valence electrons. The molecule has 0 N–H and O–H groups in total. The van der Waals surface area contributed by atoms with Crippen LogP contribution in [0.15, 0.2) is 41.6 Å². The van der Waals surface area contributed by atoms with Gasteiger partial charge in [0.05, 0.1) is 25.6 Å². The van der Waals surface area contributed by atoms with E-state index >= 15 is 0 Å². The van der Waals surface area contributed by atoms with Gasteiger partial charge in [-0.05, 0) is 12.5 Å². The number of rotatable bonds is 4. The summed E-state index contributed by atoms with van der Waals surface area (Å²) in [5.41, 5.74) is 1.25. The zero-order valence-electron chi connectivity index (χ0n) is 14.3. The molecular weight excluding hydrogens is 352 g/mol. The zero-order chi connectivity index (χ0) is 17.8. The fourth-order valence-corrected chi connectivity index (χ4v) is 4.16. The summed E-state index contributed by atoms with van der Waals surface area (Å²) in [7, 11) is 0. The minimum Gasteiger partial charge on any atom is -0.473 e. The first-order chi connectivity index (χ1) is 12.8. The molecule has 2 aromatic rings. The van der Waals surface area contributed by atoms with Gasteiger partial charge < -0.3 is 14.2 Å². The molecule has 6 nitrogen and oxygen atoms in total. The lowest BCUT2D eigenvalue weighted by atomic mass is 10.1. The predicted molar refractivity (Wildman–Crippen MR) is 96.4 cm³/mol. The molecule has 3 heterocycles. The monoisotopic (exact) mass is 372 g/mol. The largest absolute Gasteiger partial charge is 0.473 e. The molecule has 1 atom stereocenters.